The van der Waals surface area contributed by atoms with Gasteiger partial charge in [0.25, 0.3) is 0 Å². The van der Waals surface area contributed by atoms with Crippen molar-refractivity contribution in [2.75, 3.05) is 14.1 Å². The van der Waals surface area contributed by atoms with Crippen molar-refractivity contribution >= 4 is 6.29 Å². The Labute approximate surface area is 178 Å². The number of hydrogen-bond acceptors (Lipinski definition) is 4. The zero-order valence-electron chi connectivity index (χ0n) is 19.2. The third-order valence-electron chi connectivity index (χ3n) is 5.71. The number of rotatable bonds is 13. The average molecular weight is 400 g/mol. The molecule has 0 bridgehead atoms. The third-order valence-corrected chi connectivity index (χ3v) is 5.71. The van der Waals surface area contributed by atoms with E-state index in [4.69, 9.17) is 0 Å². The van der Waals surface area contributed by atoms with Gasteiger partial charge in [0.1, 0.15) is 6.29 Å². The first-order valence-electron chi connectivity index (χ1n) is 10.8. The lowest BCUT2D eigenvalue weighted by Crippen LogP contribution is -2.44. The molecule has 162 valence electrons. The predicted molar refractivity (Wildman–Crippen MR) is 125 cm³/mol. The second-order valence-electron chi connectivity index (χ2n) is 8.42. The van der Waals surface area contributed by atoms with Crippen molar-refractivity contribution in [2.24, 2.45) is 5.41 Å². The van der Waals surface area contributed by atoms with Crippen molar-refractivity contribution in [2.45, 2.75) is 71.9 Å². The largest absolute Gasteiger partial charge is 0.391 e. The lowest BCUT2D eigenvalue weighted by Gasteiger charge is -2.38. The highest BCUT2D eigenvalue weighted by atomic mass is 16.1. The molecule has 1 atom stereocenters. The Kier molecular flexibility index (Phi) is 10.6. The van der Waals surface area contributed by atoms with Gasteiger partial charge < -0.3 is 20.3 Å². The van der Waals surface area contributed by atoms with Crippen molar-refractivity contribution in [1.29, 1.82) is 0 Å². The van der Waals surface area contributed by atoms with Crippen LogP contribution in [-0.4, -0.2) is 31.4 Å². The molecule has 4 heteroatoms. The van der Waals surface area contributed by atoms with Crippen LogP contribution in [0.15, 0.2) is 60.1 Å². The highest BCUT2D eigenvalue weighted by Crippen LogP contribution is 2.27. The van der Waals surface area contributed by atoms with Gasteiger partial charge in [0, 0.05) is 36.6 Å². The van der Waals surface area contributed by atoms with Gasteiger partial charge in [-0.05, 0) is 62.3 Å². The number of unbranched alkanes of at least 4 members (excludes halogenated alkanes) is 1. The summed E-state index contributed by atoms with van der Waals surface area (Å²) in [5, 5.41) is 6.92. The first-order chi connectivity index (χ1) is 13.8. The van der Waals surface area contributed by atoms with Crippen molar-refractivity contribution in [3.05, 3.63) is 60.1 Å². The maximum Gasteiger partial charge on any atom is 0.125 e. The molecule has 29 heavy (non-hydrogen) atoms. The van der Waals surface area contributed by atoms with Gasteiger partial charge in [0.15, 0.2) is 0 Å². The van der Waals surface area contributed by atoms with E-state index < -0.39 is 0 Å². The number of hydrogen-bond donors (Lipinski definition) is 2. The smallest absolute Gasteiger partial charge is 0.125 e. The standard InChI is InChI=1S/C25H41N3O/c1-8-20-14-17-24(28(7)23(20)10-3)27-21(9-2)15-16-22(26-6)13-11-12-18-25(4,5)19-29/h8-9,15-16,19,24,26-27H,1-2,10-14,17-18H2,3-7H3/b21-15+,22-16+/t24-/m0/s1. The van der Waals surface area contributed by atoms with Crippen LogP contribution in [0.3, 0.4) is 0 Å². The Morgan fingerprint density at radius 1 is 1.28 bits per heavy atom. The molecule has 0 unspecified atom stereocenters. The van der Waals surface area contributed by atoms with Crippen molar-refractivity contribution in [1.82, 2.24) is 15.5 Å². The lowest BCUT2D eigenvalue weighted by molar-refractivity contribution is -0.115. The van der Waals surface area contributed by atoms with Gasteiger partial charge in [-0.3, -0.25) is 0 Å². The molecule has 0 spiro atoms. The Hall–Kier alpha value is -2.23. The molecule has 0 amide bonds. The summed E-state index contributed by atoms with van der Waals surface area (Å²) in [5.74, 6) is 0. The molecule has 1 aliphatic rings. The normalized spacial score (nSPS) is 18.5. The van der Waals surface area contributed by atoms with E-state index in [2.05, 4.69) is 54.8 Å². The number of allylic oxidation sites excluding steroid dienone is 7. The molecule has 1 aliphatic heterocycles. The zero-order chi connectivity index (χ0) is 21.9. The molecule has 0 fully saturated rings. The van der Waals surface area contributed by atoms with Crippen molar-refractivity contribution in [3.63, 3.8) is 0 Å². The molecule has 0 saturated heterocycles. The molecule has 0 aromatic rings. The van der Waals surface area contributed by atoms with Gasteiger partial charge >= 0.3 is 0 Å². The van der Waals surface area contributed by atoms with E-state index in [-0.39, 0.29) is 11.6 Å². The summed E-state index contributed by atoms with van der Waals surface area (Å²) in [7, 11) is 4.11. The Morgan fingerprint density at radius 3 is 2.55 bits per heavy atom. The number of carbonyl (C=O) groups excluding carboxylic acids is 1. The summed E-state index contributed by atoms with van der Waals surface area (Å²) in [5.41, 5.74) is 4.71. The van der Waals surface area contributed by atoms with E-state index in [9.17, 15) is 4.79 Å². The second-order valence-corrected chi connectivity index (χ2v) is 8.42. The van der Waals surface area contributed by atoms with E-state index >= 15 is 0 Å². The van der Waals surface area contributed by atoms with Gasteiger partial charge in [0.2, 0.25) is 0 Å². The van der Waals surface area contributed by atoms with Gasteiger partial charge in [-0.15, -0.1) is 0 Å². The number of nitrogens with zero attached hydrogens (tertiary/aromatic N) is 1. The summed E-state index contributed by atoms with van der Waals surface area (Å²) < 4.78 is 0. The van der Waals surface area contributed by atoms with Crippen LogP contribution in [0.1, 0.15) is 65.7 Å². The van der Waals surface area contributed by atoms with Crippen LogP contribution in [0.5, 0.6) is 0 Å². The fourth-order valence-electron chi connectivity index (χ4n) is 3.71. The summed E-state index contributed by atoms with van der Waals surface area (Å²) >= 11 is 0. The van der Waals surface area contributed by atoms with E-state index in [0.29, 0.717) is 0 Å². The maximum absolute atomic E-state index is 11.0. The molecule has 1 heterocycles. The van der Waals surface area contributed by atoms with E-state index in [1.54, 1.807) is 0 Å². The molecule has 2 N–H and O–H groups in total. The number of nitrogens with one attached hydrogen (secondary N) is 2. The molecule has 0 aromatic heterocycles. The van der Waals surface area contributed by atoms with Gasteiger partial charge in [-0.2, -0.15) is 0 Å². The van der Waals surface area contributed by atoms with Crippen LogP contribution in [-0.2, 0) is 4.79 Å². The Balaban J connectivity index is 2.71. The molecular formula is C25H41N3O. The number of carbonyl (C=O) groups is 1. The van der Waals surface area contributed by atoms with Crippen LogP contribution < -0.4 is 10.6 Å². The first-order valence-corrected chi connectivity index (χ1v) is 10.8. The molecular weight excluding hydrogens is 358 g/mol. The minimum atomic E-state index is -0.216. The van der Waals surface area contributed by atoms with E-state index in [0.717, 1.165) is 56.9 Å². The van der Waals surface area contributed by atoms with Crippen molar-refractivity contribution in [3.8, 4) is 0 Å². The average Bonchev–Trinajstić information content (AvgIpc) is 2.72. The molecule has 1 rings (SSSR count). The van der Waals surface area contributed by atoms with Gasteiger partial charge in [0.05, 0.1) is 6.17 Å². The molecule has 0 saturated carbocycles. The first kappa shape index (κ1) is 24.8. The molecule has 0 radical (unpaired) electrons. The Morgan fingerprint density at radius 2 is 2.00 bits per heavy atom. The molecule has 4 nitrogen and oxygen atoms in total. The summed E-state index contributed by atoms with van der Waals surface area (Å²) in [6, 6.07) is 0. The predicted octanol–water partition coefficient (Wildman–Crippen LogP) is 5.44. The van der Waals surface area contributed by atoms with E-state index in [1.165, 1.54) is 17.0 Å². The van der Waals surface area contributed by atoms with Gasteiger partial charge in [-0.25, -0.2) is 0 Å². The highest BCUT2D eigenvalue weighted by Gasteiger charge is 2.23. The zero-order valence-corrected chi connectivity index (χ0v) is 19.2. The summed E-state index contributed by atoms with van der Waals surface area (Å²) in [6.07, 6.45) is 16.5. The SMILES string of the molecule is C=CC1=C(CC)N(C)[C@H](N/C(C=C)=C/C=C(\CCCCC(C)(C)C=O)NC)CC1. The molecule has 0 aromatic carbocycles. The van der Waals surface area contributed by atoms with Crippen molar-refractivity contribution < 1.29 is 4.79 Å². The van der Waals surface area contributed by atoms with Crippen LogP contribution in [0.2, 0.25) is 0 Å². The maximum atomic E-state index is 11.0. The Bertz CT molecular complexity index is 655. The quantitative estimate of drug-likeness (QED) is 0.246. The van der Waals surface area contributed by atoms with Crippen LogP contribution in [0.25, 0.3) is 0 Å². The van der Waals surface area contributed by atoms with Crippen LogP contribution >= 0.6 is 0 Å². The minimum Gasteiger partial charge on any atom is -0.391 e. The lowest BCUT2D eigenvalue weighted by atomic mass is 9.88. The fraction of sp³-hybridized carbons (Fsp3) is 0.560. The van der Waals surface area contributed by atoms with Gasteiger partial charge in [-0.1, -0.05) is 46.4 Å². The minimum absolute atomic E-state index is 0.216. The summed E-state index contributed by atoms with van der Waals surface area (Å²) in [4.78, 5) is 13.4. The molecule has 0 aliphatic carbocycles. The number of aldehydes is 1. The summed E-state index contributed by atoms with van der Waals surface area (Å²) in [6.45, 7) is 14.1. The van der Waals surface area contributed by atoms with Crippen LogP contribution in [0, 0.1) is 5.41 Å². The topological polar surface area (TPSA) is 44.4 Å². The monoisotopic (exact) mass is 399 g/mol. The fourth-order valence-corrected chi connectivity index (χ4v) is 3.71. The highest BCUT2D eigenvalue weighted by molar-refractivity contribution is 5.57. The second kappa shape index (κ2) is 12.4. The van der Waals surface area contributed by atoms with Crippen LogP contribution in [0.4, 0.5) is 0 Å². The van der Waals surface area contributed by atoms with E-state index in [1.807, 2.05) is 33.0 Å². The third kappa shape index (κ3) is 7.96.